The average molecular weight is 414 g/mol. The third-order valence-electron chi connectivity index (χ3n) is 3.86. The fourth-order valence-electron chi connectivity index (χ4n) is 2.52. The molecule has 3 aromatic rings. The second-order valence-corrected chi connectivity index (χ2v) is 7.58. The van der Waals surface area contributed by atoms with E-state index in [2.05, 4.69) is 10.0 Å². The number of nitrogens with one attached hydrogen (secondary N) is 2. The molecule has 0 saturated carbocycles. The van der Waals surface area contributed by atoms with E-state index in [1.54, 1.807) is 36.4 Å². The monoisotopic (exact) mass is 414 g/mol. The predicted molar refractivity (Wildman–Crippen MR) is 108 cm³/mol. The van der Waals surface area contributed by atoms with Crippen molar-refractivity contribution in [2.45, 2.75) is 4.90 Å². The van der Waals surface area contributed by atoms with Crippen LogP contribution in [-0.4, -0.2) is 14.3 Å². The molecule has 0 aliphatic carbocycles. The minimum absolute atomic E-state index is 0.0274. The normalized spacial score (nSPS) is 11.4. The molecule has 0 bridgehead atoms. The van der Waals surface area contributed by atoms with Crippen LogP contribution < -0.4 is 10.0 Å². The summed E-state index contributed by atoms with van der Waals surface area (Å²) in [6, 6.07) is 17.4. The summed E-state index contributed by atoms with van der Waals surface area (Å²) < 4.78 is 55.1. The number of anilines is 2. The van der Waals surface area contributed by atoms with Crippen LogP contribution >= 0.6 is 0 Å². The molecule has 0 radical (unpaired) electrons. The van der Waals surface area contributed by atoms with E-state index in [4.69, 9.17) is 0 Å². The van der Waals surface area contributed by atoms with E-state index in [9.17, 15) is 22.0 Å². The van der Waals surface area contributed by atoms with E-state index in [1.807, 2.05) is 0 Å². The van der Waals surface area contributed by atoms with E-state index < -0.39 is 27.6 Å². The Kier molecular flexibility index (Phi) is 6.04. The highest BCUT2D eigenvalue weighted by atomic mass is 32.2. The molecule has 0 saturated heterocycles. The standard InChI is InChI=1S/C21H16F2N2O3S/c22-17-9-6-10-18(23)16(17)13-14-21(26)24-19-11-4-5-12-20(19)29(27,28)25-15-7-2-1-3-8-15/h1-14,25H,(H,24,26). The van der Waals surface area contributed by atoms with Crippen LogP contribution in [0.2, 0.25) is 0 Å². The molecule has 8 heteroatoms. The van der Waals surface area contributed by atoms with E-state index in [-0.39, 0.29) is 16.1 Å². The molecule has 29 heavy (non-hydrogen) atoms. The molecule has 0 atom stereocenters. The van der Waals surface area contributed by atoms with Crippen LogP contribution in [0.25, 0.3) is 6.08 Å². The highest BCUT2D eigenvalue weighted by Gasteiger charge is 2.19. The number of carbonyl (C=O) groups excluding carboxylic acids is 1. The second kappa shape index (κ2) is 8.66. The van der Waals surface area contributed by atoms with Crippen LogP contribution in [-0.2, 0) is 14.8 Å². The maximum absolute atomic E-state index is 13.6. The highest BCUT2D eigenvalue weighted by molar-refractivity contribution is 7.92. The van der Waals surface area contributed by atoms with Gasteiger partial charge in [-0.15, -0.1) is 0 Å². The van der Waals surface area contributed by atoms with Crippen molar-refractivity contribution in [3.8, 4) is 0 Å². The molecule has 0 fully saturated rings. The number of hydrogen-bond donors (Lipinski definition) is 2. The third-order valence-corrected chi connectivity index (χ3v) is 5.30. The molecule has 0 unspecified atom stereocenters. The van der Waals surface area contributed by atoms with Gasteiger partial charge in [0.15, 0.2) is 0 Å². The molecule has 3 aromatic carbocycles. The molecule has 1 amide bonds. The zero-order valence-electron chi connectivity index (χ0n) is 15.0. The summed E-state index contributed by atoms with van der Waals surface area (Å²) in [4.78, 5) is 12.0. The van der Waals surface area contributed by atoms with Gasteiger partial charge in [0.1, 0.15) is 16.5 Å². The largest absolute Gasteiger partial charge is 0.321 e. The number of sulfonamides is 1. The van der Waals surface area contributed by atoms with Gasteiger partial charge in [-0.3, -0.25) is 9.52 Å². The van der Waals surface area contributed by atoms with Crippen molar-refractivity contribution in [2.24, 2.45) is 0 Å². The van der Waals surface area contributed by atoms with Gasteiger partial charge >= 0.3 is 0 Å². The van der Waals surface area contributed by atoms with E-state index in [1.165, 1.54) is 24.3 Å². The first kappa shape index (κ1) is 20.2. The summed E-state index contributed by atoms with van der Waals surface area (Å²) in [7, 11) is -3.98. The molecular weight excluding hydrogens is 398 g/mol. The average Bonchev–Trinajstić information content (AvgIpc) is 2.68. The van der Waals surface area contributed by atoms with Crippen molar-refractivity contribution in [3.63, 3.8) is 0 Å². The Labute approximate surface area is 166 Å². The smallest absolute Gasteiger partial charge is 0.263 e. The van der Waals surface area contributed by atoms with Crippen LogP contribution in [0.3, 0.4) is 0 Å². The van der Waals surface area contributed by atoms with Crippen molar-refractivity contribution >= 4 is 33.4 Å². The van der Waals surface area contributed by atoms with Gasteiger partial charge in [0, 0.05) is 17.3 Å². The molecule has 0 aromatic heterocycles. The van der Waals surface area contributed by atoms with Crippen molar-refractivity contribution < 1.29 is 22.0 Å². The fourth-order valence-corrected chi connectivity index (χ4v) is 3.75. The first-order valence-corrected chi connectivity index (χ1v) is 9.95. The van der Waals surface area contributed by atoms with Crippen molar-refractivity contribution in [2.75, 3.05) is 10.0 Å². The lowest BCUT2D eigenvalue weighted by Gasteiger charge is -2.12. The van der Waals surface area contributed by atoms with Gasteiger partial charge in [0.25, 0.3) is 10.0 Å². The number of rotatable bonds is 6. The molecular formula is C21H16F2N2O3S. The van der Waals surface area contributed by atoms with Crippen LogP contribution in [0.1, 0.15) is 5.56 Å². The highest BCUT2D eigenvalue weighted by Crippen LogP contribution is 2.24. The number of amides is 1. The molecule has 0 aliphatic rings. The number of para-hydroxylation sites is 2. The minimum Gasteiger partial charge on any atom is -0.321 e. The zero-order chi connectivity index (χ0) is 20.9. The number of hydrogen-bond acceptors (Lipinski definition) is 3. The van der Waals surface area contributed by atoms with Gasteiger partial charge in [0.05, 0.1) is 5.69 Å². The lowest BCUT2D eigenvalue weighted by molar-refractivity contribution is -0.111. The Morgan fingerprint density at radius 3 is 2.14 bits per heavy atom. The summed E-state index contributed by atoms with van der Waals surface area (Å²) in [6.07, 6.45) is 1.91. The molecule has 2 N–H and O–H groups in total. The van der Waals surface area contributed by atoms with Gasteiger partial charge in [-0.05, 0) is 42.5 Å². The lowest BCUT2D eigenvalue weighted by atomic mass is 10.2. The topological polar surface area (TPSA) is 75.3 Å². The Balaban J connectivity index is 1.82. The van der Waals surface area contributed by atoms with Gasteiger partial charge in [-0.1, -0.05) is 36.4 Å². The van der Waals surface area contributed by atoms with E-state index >= 15 is 0 Å². The SMILES string of the molecule is O=C(C=Cc1c(F)cccc1F)Nc1ccccc1S(=O)(=O)Nc1ccccc1. The maximum Gasteiger partial charge on any atom is 0.263 e. The van der Waals surface area contributed by atoms with Crippen LogP contribution in [0, 0.1) is 11.6 Å². The van der Waals surface area contributed by atoms with Crippen molar-refractivity contribution in [1.82, 2.24) is 0 Å². The minimum atomic E-state index is -3.98. The Bertz CT molecular complexity index is 1140. The van der Waals surface area contributed by atoms with Crippen LogP contribution in [0.4, 0.5) is 20.2 Å². The number of halogens is 2. The zero-order valence-corrected chi connectivity index (χ0v) is 15.8. The number of carbonyl (C=O) groups is 1. The molecule has 0 spiro atoms. The van der Waals surface area contributed by atoms with E-state index in [0.717, 1.165) is 24.3 Å². The Hall–Kier alpha value is -3.52. The Morgan fingerprint density at radius 2 is 1.45 bits per heavy atom. The Morgan fingerprint density at radius 1 is 0.828 bits per heavy atom. The first-order chi connectivity index (χ1) is 13.9. The van der Waals surface area contributed by atoms with Crippen LogP contribution in [0.5, 0.6) is 0 Å². The quantitative estimate of drug-likeness (QED) is 0.587. The molecule has 3 rings (SSSR count). The van der Waals surface area contributed by atoms with Crippen molar-refractivity contribution in [3.05, 3.63) is 96.1 Å². The summed E-state index contributed by atoms with van der Waals surface area (Å²) >= 11 is 0. The summed E-state index contributed by atoms with van der Waals surface area (Å²) in [5.41, 5.74) is 0.0254. The lowest BCUT2D eigenvalue weighted by Crippen LogP contribution is -2.17. The fraction of sp³-hybridized carbons (Fsp3) is 0. The third kappa shape index (κ3) is 5.05. The van der Waals surface area contributed by atoms with E-state index in [0.29, 0.717) is 5.69 Å². The molecule has 0 heterocycles. The summed E-state index contributed by atoms with van der Waals surface area (Å²) in [5.74, 6) is -2.37. The van der Waals surface area contributed by atoms with Gasteiger partial charge in [0.2, 0.25) is 5.91 Å². The predicted octanol–water partition coefficient (Wildman–Crippen LogP) is 4.42. The van der Waals surface area contributed by atoms with Gasteiger partial charge in [-0.25, -0.2) is 17.2 Å². The number of benzene rings is 3. The second-order valence-electron chi connectivity index (χ2n) is 5.93. The summed E-state index contributed by atoms with van der Waals surface area (Å²) in [5, 5.41) is 2.42. The maximum atomic E-state index is 13.6. The van der Waals surface area contributed by atoms with Crippen LogP contribution in [0.15, 0.2) is 83.8 Å². The first-order valence-electron chi connectivity index (χ1n) is 8.47. The molecule has 148 valence electrons. The summed E-state index contributed by atoms with van der Waals surface area (Å²) in [6.45, 7) is 0. The van der Waals surface area contributed by atoms with Crippen molar-refractivity contribution in [1.29, 1.82) is 0 Å². The van der Waals surface area contributed by atoms with Gasteiger partial charge < -0.3 is 5.32 Å². The van der Waals surface area contributed by atoms with Gasteiger partial charge in [-0.2, -0.15) is 0 Å². The molecule has 0 aliphatic heterocycles. The molecule has 5 nitrogen and oxygen atoms in total.